The minimum absolute atomic E-state index is 0.0240. The lowest BCUT2D eigenvalue weighted by molar-refractivity contribution is -0.140. The molecule has 25 heavy (non-hydrogen) atoms. The maximum atomic E-state index is 12.5. The molecule has 5 nitrogen and oxygen atoms in total. The SMILES string of the molecule is C=C(C)[C@@H]1CCC2=C[C@H](C[C@@]3(C)O[C@@H]3C(=O)/C=C(/C)C(=O)C1)OC2=O. The molecule has 0 radical (unpaired) electrons. The number of rotatable bonds is 1. The van der Waals surface area contributed by atoms with E-state index in [1.807, 2.05) is 19.9 Å². The van der Waals surface area contributed by atoms with Gasteiger partial charge in [0.15, 0.2) is 11.6 Å². The minimum atomic E-state index is -0.641. The Kier molecular flexibility index (Phi) is 4.54. The zero-order chi connectivity index (χ0) is 18.4. The van der Waals surface area contributed by atoms with Gasteiger partial charge in [0.1, 0.15) is 17.8 Å². The summed E-state index contributed by atoms with van der Waals surface area (Å²) in [6, 6.07) is 0. The van der Waals surface area contributed by atoms with Crippen LogP contribution < -0.4 is 0 Å². The van der Waals surface area contributed by atoms with Gasteiger partial charge in [-0.25, -0.2) is 4.79 Å². The van der Waals surface area contributed by atoms with Crippen LogP contribution in [0.4, 0.5) is 0 Å². The van der Waals surface area contributed by atoms with E-state index in [-0.39, 0.29) is 29.6 Å². The number of hydrogen-bond acceptors (Lipinski definition) is 5. The van der Waals surface area contributed by atoms with Crippen LogP contribution in [0.1, 0.15) is 46.5 Å². The number of carbonyl (C=O) groups is 3. The maximum absolute atomic E-state index is 12.5. The molecule has 0 unspecified atom stereocenters. The Balaban J connectivity index is 1.88. The van der Waals surface area contributed by atoms with Crippen molar-refractivity contribution in [3.8, 4) is 0 Å². The molecule has 0 N–H and O–H groups in total. The van der Waals surface area contributed by atoms with Crippen LogP contribution >= 0.6 is 0 Å². The highest BCUT2D eigenvalue weighted by atomic mass is 16.6. The Labute approximate surface area is 147 Å². The van der Waals surface area contributed by atoms with E-state index in [9.17, 15) is 14.4 Å². The van der Waals surface area contributed by atoms with Crippen molar-refractivity contribution in [1.29, 1.82) is 0 Å². The van der Waals surface area contributed by atoms with Gasteiger partial charge in [-0.1, -0.05) is 12.2 Å². The van der Waals surface area contributed by atoms with Gasteiger partial charge in [-0.05, 0) is 57.3 Å². The first-order chi connectivity index (χ1) is 11.7. The average Bonchev–Trinajstić information content (AvgIpc) is 3.06. The smallest absolute Gasteiger partial charge is 0.334 e. The first-order valence-corrected chi connectivity index (χ1v) is 8.70. The molecule has 1 saturated heterocycles. The Morgan fingerprint density at radius 1 is 1.32 bits per heavy atom. The van der Waals surface area contributed by atoms with Crippen LogP contribution in [-0.2, 0) is 23.9 Å². The van der Waals surface area contributed by atoms with Gasteiger partial charge in [0, 0.05) is 18.4 Å². The Morgan fingerprint density at radius 2 is 2.04 bits per heavy atom. The predicted octanol–water partition coefficient (Wildman–Crippen LogP) is 2.85. The number of ketones is 2. The van der Waals surface area contributed by atoms with E-state index >= 15 is 0 Å². The fraction of sp³-hybridized carbons (Fsp3) is 0.550. The molecule has 5 heteroatoms. The largest absolute Gasteiger partial charge is 0.455 e. The molecule has 3 aliphatic rings. The fourth-order valence-electron chi connectivity index (χ4n) is 3.58. The van der Waals surface area contributed by atoms with Crippen LogP contribution in [0.3, 0.4) is 0 Å². The van der Waals surface area contributed by atoms with Crippen molar-refractivity contribution in [2.45, 2.75) is 64.3 Å². The summed E-state index contributed by atoms with van der Waals surface area (Å²) >= 11 is 0. The van der Waals surface area contributed by atoms with Gasteiger partial charge in [0.05, 0.1) is 0 Å². The summed E-state index contributed by atoms with van der Waals surface area (Å²) in [5.41, 5.74) is 1.35. The van der Waals surface area contributed by atoms with E-state index in [1.54, 1.807) is 6.92 Å². The molecule has 0 aromatic heterocycles. The summed E-state index contributed by atoms with van der Waals surface area (Å²) in [6.45, 7) is 9.36. The van der Waals surface area contributed by atoms with Crippen LogP contribution in [0.25, 0.3) is 0 Å². The second-order valence-electron chi connectivity index (χ2n) is 7.59. The normalized spacial score (nSPS) is 38.0. The molecule has 4 atom stereocenters. The molecule has 1 fully saturated rings. The molecule has 0 aromatic carbocycles. The fourth-order valence-corrected chi connectivity index (χ4v) is 3.58. The summed E-state index contributed by atoms with van der Waals surface area (Å²) in [4.78, 5) is 36.9. The lowest BCUT2D eigenvalue weighted by Crippen LogP contribution is -2.23. The molecule has 0 spiro atoms. The summed E-state index contributed by atoms with van der Waals surface area (Å²) < 4.78 is 11.0. The number of fused-ring (bicyclic) bond motifs is 2. The highest BCUT2D eigenvalue weighted by Gasteiger charge is 2.57. The number of epoxide rings is 1. The summed E-state index contributed by atoms with van der Waals surface area (Å²) in [6.07, 6.45) is 4.25. The van der Waals surface area contributed by atoms with E-state index in [2.05, 4.69) is 6.58 Å². The highest BCUT2D eigenvalue weighted by Crippen LogP contribution is 2.43. The molecule has 1 aliphatic carbocycles. The monoisotopic (exact) mass is 344 g/mol. The number of hydrogen-bond donors (Lipinski definition) is 0. The van der Waals surface area contributed by atoms with E-state index in [0.717, 1.165) is 5.57 Å². The number of esters is 1. The van der Waals surface area contributed by atoms with Gasteiger partial charge in [-0.3, -0.25) is 9.59 Å². The molecule has 0 saturated carbocycles. The number of Topliss-reactive ketones (excluding diaryl/α,β-unsaturated/α-hetero) is 1. The summed E-state index contributed by atoms with van der Waals surface area (Å²) in [7, 11) is 0. The van der Waals surface area contributed by atoms with Gasteiger partial charge < -0.3 is 9.47 Å². The third-order valence-electron chi connectivity index (χ3n) is 5.35. The van der Waals surface area contributed by atoms with Crippen molar-refractivity contribution < 1.29 is 23.9 Å². The average molecular weight is 344 g/mol. The number of carbonyl (C=O) groups excluding carboxylic acids is 3. The third kappa shape index (κ3) is 3.66. The summed E-state index contributed by atoms with van der Waals surface area (Å²) in [5, 5.41) is 0. The Morgan fingerprint density at radius 3 is 2.72 bits per heavy atom. The zero-order valence-corrected chi connectivity index (χ0v) is 15.0. The van der Waals surface area contributed by atoms with Crippen LogP contribution in [0.15, 0.2) is 35.5 Å². The zero-order valence-electron chi connectivity index (χ0n) is 15.0. The van der Waals surface area contributed by atoms with Gasteiger partial charge in [-0.15, -0.1) is 0 Å². The third-order valence-corrected chi connectivity index (χ3v) is 5.35. The van der Waals surface area contributed by atoms with Gasteiger partial charge in [0.25, 0.3) is 0 Å². The van der Waals surface area contributed by atoms with Crippen molar-refractivity contribution in [3.05, 3.63) is 35.5 Å². The van der Waals surface area contributed by atoms with E-state index in [4.69, 9.17) is 9.47 Å². The Bertz CT molecular complexity index is 714. The topological polar surface area (TPSA) is 73.0 Å². The van der Waals surface area contributed by atoms with Crippen molar-refractivity contribution in [2.24, 2.45) is 5.92 Å². The minimum Gasteiger partial charge on any atom is -0.455 e. The first kappa shape index (κ1) is 17.8. The highest BCUT2D eigenvalue weighted by molar-refractivity contribution is 6.05. The maximum Gasteiger partial charge on any atom is 0.334 e. The lowest BCUT2D eigenvalue weighted by Gasteiger charge is -2.16. The van der Waals surface area contributed by atoms with Crippen LogP contribution in [0.5, 0.6) is 0 Å². The molecule has 134 valence electrons. The van der Waals surface area contributed by atoms with Crippen LogP contribution in [0, 0.1) is 5.92 Å². The van der Waals surface area contributed by atoms with Gasteiger partial charge in [0.2, 0.25) is 0 Å². The summed E-state index contributed by atoms with van der Waals surface area (Å²) in [5.74, 6) is -0.607. The standard InChI is InChI=1S/C20H24O5/c1-11(2)13-5-6-14-8-15(24-19(14)23)10-20(4)18(25-20)17(22)7-12(3)16(21)9-13/h7-8,13,15,18H,1,5-6,9-10H2,2-4H3/b12-7-/t13-,15-,18-,20-/m1/s1. The van der Waals surface area contributed by atoms with Gasteiger partial charge >= 0.3 is 5.97 Å². The quantitative estimate of drug-likeness (QED) is 0.415. The molecular weight excluding hydrogens is 320 g/mol. The number of ether oxygens (including phenoxy) is 2. The van der Waals surface area contributed by atoms with Crippen molar-refractivity contribution >= 4 is 17.5 Å². The Hall–Kier alpha value is -2.01. The second-order valence-corrected chi connectivity index (χ2v) is 7.59. The van der Waals surface area contributed by atoms with Crippen LogP contribution in [-0.4, -0.2) is 35.3 Å². The van der Waals surface area contributed by atoms with Crippen LogP contribution in [0.2, 0.25) is 0 Å². The molecule has 2 heterocycles. The molecule has 2 bridgehead atoms. The van der Waals surface area contributed by atoms with Crippen molar-refractivity contribution in [2.75, 3.05) is 0 Å². The van der Waals surface area contributed by atoms with Crippen molar-refractivity contribution in [3.63, 3.8) is 0 Å². The molecule has 0 aromatic rings. The second kappa shape index (κ2) is 6.37. The van der Waals surface area contributed by atoms with E-state index in [0.29, 0.717) is 36.8 Å². The van der Waals surface area contributed by atoms with E-state index < -0.39 is 11.7 Å². The first-order valence-electron chi connectivity index (χ1n) is 8.70. The number of allylic oxidation sites excluding steroid dienone is 2. The molecule has 0 amide bonds. The predicted molar refractivity (Wildman–Crippen MR) is 91.8 cm³/mol. The van der Waals surface area contributed by atoms with Crippen molar-refractivity contribution in [1.82, 2.24) is 0 Å². The molecular formula is C20H24O5. The van der Waals surface area contributed by atoms with Gasteiger partial charge in [-0.2, -0.15) is 0 Å². The lowest BCUT2D eigenvalue weighted by atomic mass is 9.87. The molecule has 3 rings (SSSR count). The molecule has 2 aliphatic heterocycles. The van der Waals surface area contributed by atoms with E-state index in [1.165, 1.54) is 6.08 Å².